The molecule has 0 fully saturated rings. The van der Waals surface area contributed by atoms with Gasteiger partial charge in [0, 0.05) is 5.92 Å². The van der Waals surface area contributed by atoms with Crippen molar-refractivity contribution >= 4 is 5.57 Å². The summed E-state index contributed by atoms with van der Waals surface area (Å²) in [6, 6.07) is 8.68. The van der Waals surface area contributed by atoms with E-state index in [1.165, 1.54) is 47.1 Å². The molecule has 0 radical (unpaired) electrons. The van der Waals surface area contributed by atoms with E-state index in [1.54, 1.807) is 0 Å². The number of aliphatic hydroxyl groups is 1. The minimum Gasteiger partial charge on any atom is -0.388 e. The zero-order valence-electron chi connectivity index (χ0n) is 18.0. The molecule has 2 rings (SSSR count). The third-order valence-electron chi connectivity index (χ3n) is 6.11. The standard InChI is InChI=1S/C26H38O/c1-6-8-10-12-13-24-20(4)19(3)21(5)26(24)23-17-15-22(16-18-23)25(27)14-11-9-7-2/h10,12,15-18,24-25,27H,6-9,11,13-14H2,1-5H3/t24-,25?/m0/s1. The van der Waals surface area contributed by atoms with Crippen molar-refractivity contribution in [2.24, 2.45) is 5.92 Å². The number of unbranched alkanes of at least 4 members (excludes halogenated alkanes) is 3. The van der Waals surface area contributed by atoms with Crippen LogP contribution in [0.2, 0.25) is 0 Å². The number of allylic oxidation sites excluding steroid dienone is 6. The van der Waals surface area contributed by atoms with Crippen molar-refractivity contribution < 1.29 is 5.11 Å². The van der Waals surface area contributed by atoms with Crippen LogP contribution in [0.3, 0.4) is 0 Å². The molecule has 1 aliphatic rings. The lowest BCUT2D eigenvalue weighted by Gasteiger charge is -2.18. The predicted molar refractivity (Wildman–Crippen MR) is 119 cm³/mol. The first-order valence-corrected chi connectivity index (χ1v) is 10.8. The van der Waals surface area contributed by atoms with Gasteiger partial charge in [-0.15, -0.1) is 0 Å². The van der Waals surface area contributed by atoms with E-state index in [0.29, 0.717) is 5.92 Å². The van der Waals surface area contributed by atoms with Gasteiger partial charge >= 0.3 is 0 Å². The Bertz CT molecular complexity index is 687. The van der Waals surface area contributed by atoms with Gasteiger partial charge in [-0.2, -0.15) is 0 Å². The molecule has 1 N–H and O–H groups in total. The van der Waals surface area contributed by atoms with Crippen LogP contribution in [0, 0.1) is 5.92 Å². The highest BCUT2D eigenvalue weighted by molar-refractivity contribution is 5.80. The van der Waals surface area contributed by atoms with Crippen molar-refractivity contribution in [1.29, 1.82) is 0 Å². The fourth-order valence-corrected chi connectivity index (χ4v) is 4.11. The van der Waals surface area contributed by atoms with Crippen LogP contribution in [0.25, 0.3) is 5.57 Å². The first kappa shape index (κ1) is 21.7. The summed E-state index contributed by atoms with van der Waals surface area (Å²) >= 11 is 0. The van der Waals surface area contributed by atoms with E-state index in [2.05, 4.69) is 71.0 Å². The van der Waals surface area contributed by atoms with Crippen LogP contribution in [0.1, 0.15) is 96.8 Å². The topological polar surface area (TPSA) is 20.2 Å². The molecule has 2 atom stereocenters. The lowest BCUT2D eigenvalue weighted by Crippen LogP contribution is -2.03. The summed E-state index contributed by atoms with van der Waals surface area (Å²) in [6.07, 6.45) is 12.1. The summed E-state index contributed by atoms with van der Waals surface area (Å²) < 4.78 is 0. The number of benzene rings is 1. The van der Waals surface area contributed by atoms with Gasteiger partial charge in [0.05, 0.1) is 6.10 Å². The highest BCUT2D eigenvalue weighted by atomic mass is 16.3. The lowest BCUT2D eigenvalue weighted by molar-refractivity contribution is 0.163. The Morgan fingerprint density at radius 1 is 0.926 bits per heavy atom. The molecule has 1 aromatic rings. The third-order valence-corrected chi connectivity index (χ3v) is 6.11. The molecule has 1 aromatic carbocycles. The van der Waals surface area contributed by atoms with E-state index in [9.17, 15) is 5.11 Å². The van der Waals surface area contributed by atoms with E-state index >= 15 is 0 Å². The average Bonchev–Trinajstić information content (AvgIpc) is 2.89. The Morgan fingerprint density at radius 2 is 1.63 bits per heavy atom. The molecule has 27 heavy (non-hydrogen) atoms. The number of hydrogen-bond donors (Lipinski definition) is 1. The van der Waals surface area contributed by atoms with E-state index in [1.807, 2.05) is 0 Å². The molecule has 1 unspecified atom stereocenters. The van der Waals surface area contributed by atoms with Gasteiger partial charge < -0.3 is 5.11 Å². The van der Waals surface area contributed by atoms with Crippen LogP contribution in [0.4, 0.5) is 0 Å². The van der Waals surface area contributed by atoms with Gasteiger partial charge in [-0.05, 0) is 67.9 Å². The van der Waals surface area contributed by atoms with Gasteiger partial charge in [0.25, 0.3) is 0 Å². The minimum atomic E-state index is -0.335. The normalized spacial score (nSPS) is 18.8. The Labute approximate surface area is 166 Å². The van der Waals surface area contributed by atoms with Crippen LogP contribution < -0.4 is 0 Å². The van der Waals surface area contributed by atoms with Crippen LogP contribution in [0.15, 0.2) is 53.1 Å². The fourth-order valence-electron chi connectivity index (χ4n) is 4.11. The summed E-state index contributed by atoms with van der Waals surface area (Å²) in [7, 11) is 0. The Kier molecular flexibility index (Phi) is 8.57. The molecule has 0 saturated carbocycles. The quantitative estimate of drug-likeness (QED) is 0.331. The maximum atomic E-state index is 10.4. The van der Waals surface area contributed by atoms with Gasteiger partial charge in [-0.25, -0.2) is 0 Å². The number of rotatable bonds is 10. The summed E-state index contributed by atoms with van der Waals surface area (Å²) in [5, 5.41) is 10.4. The lowest BCUT2D eigenvalue weighted by atomic mass is 9.87. The molecule has 1 heteroatoms. The van der Waals surface area contributed by atoms with Gasteiger partial charge in [0.2, 0.25) is 0 Å². The largest absolute Gasteiger partial charge is 0.388 e. The second-order valence-corrected chi connectivity index (χ2v) is 8.03. The van der Waals surface area contributed by atoms with E-state index in [-0.39, 0.29) is 6.10 Å². The molecule has 0 amide bonds. The van der Waals surface area contributed by atoms with Crippen LogP contribution in [0.5, 0.6) is 0 Å². The number of hydrogen-bond acceptors (Lipinski definition) is 1. The number of aliphatic hydroxyl groups excluding tert-OH is 1. The molecule has 0 aliphatic heterocycles. The smallest absolute Gasteiger partial charge is 0.0790 e. The highest BCUT2D eigenvalue weighted by Gasteiger charge is 2.27. The van der Waals surface area contributed by atoms with E-state index in [4.69, 9.17) is 0 Å². The molecule has 1 aliphatic carbocycles. The van der Waals surface area contributed by atoms with E-state index < -0.39 is 0 Å². The second-order valence-electron chi connectivity index (χ2n) is 8.03. The minimum absolute atomic E-state index is 0.335. The van der Waals surface area contributed by atoms with Crippen molar-refractivity contribution in [2.75, 3.05) is 0 Å². The van der Waals surface area contributed by atoms with Gasteiger partial charge in [-0.1, -0.05) is 81.5 Å². The second kappa shape index (κ2) is 10.7. The fraction of sp³-hybridized carbons (Fsp3) is 0.538. The molecular weight excluding hydrogens is 328 g/mol. The van der Waals surface area contributed by atoms with Gasteiger partial charge in [0.1, 0.15) is 0 Å². The molecule has 1 nitrogen and oxygen atoms in total. The van der Waals surface area contributed by atoms with Crippen molar-refractivity contribution in [3.05, 3.63) is 64.3 Å². The van der Waals surface area contributed by atoms with Crippen molar-refractivity contribution in [3.63, 3.8) is 0 Å². The Balaban J connectivity index is 2.16. The molecule has 0 heterocycles. The monoisotopic (exact) mass is 366 g/mol. The molecule has 148 valence electrons. The SMILES string of the molecule is CCCC=CC[C@H]1C(C)=C(C)C(C)=C1c1ccc(C(O)CCCCC)cc1. The predicted octanol–water partition coefficient (Wildman–Crippen LogP) is 7.79. The average molecular weight is 367 g/mol. The molecule has 0 saturated heterocycles. The maximum absolute atomic E-state index is 10.4. The van der Waals surface area contributed by atoms with Crippen molar-refractivity contribution in [1.82, 2.24) is 0 Å². The Hall–Kier alpha value is -1.60. The zero-order valence-corrected chi connectivity index (χ0v) is 18.0. The van der Waals surface area contributed by atoms with Gasteiger partial charge in [-0.3, -0.25) is 0 Å². The Morgan fingerprint density at radius 3 is 2.26 bits per heavy atom. The van der Waals surface area contributed by atoms with Crippen LogP contribution in [-0.2, 0) is 0 Å². The molecular formula is C26H38O. The summed E-state index contributed by atoms with van der Waals surface area (Å²) in [4.78, 5) is 0. The highest BCUT2D eigenvalue weighted by Crippen LogP contribution is 2.44. The molecule has 0 bridgehead atoms. The summed E-state index contributed by atoms with van der Waals surface area (Å²) in [6.45, 7) is 11.2. The zero-order chi connectivity index (χ0) is 19.8. The van der Waals surface area contributed by atoms with E-state index in [0.717, 1.165) is 31.2 Å². The first-order valence-electron chi connectivity index (χ1n) is 10.8. The first-order chi connectivity index (χ1) is 13.0. The van der Waals surface area contributed by atoms with Crippen molar-refractivity contribution in [3.8, 4) is 0 Å². The summed E-state index contributed by atoms with van der Waals surface area (Å²) in [5.74, 6) is 0.485. The van der Waals surface area contributed by atoms with Gasteiger partial charge in [0.15, 0.2) is 0 Å². The molecule has 0 spiro atoms. The van der Waals surface area contributed by atoms with Crippen LogP contribution >= 0.6 is 0 Å². The van der Waals surface area contributed by atoms with Crippen LogP contribution in [-0.4, -0.2) is 5.11 Å². The third kappa shape index (κ3) is 5.45. The van der Waals surface area contributed by atoms with Crippen molar-refractivity contribution in [2.45, 2.75) is 85.7 Å². The molecule has 0 aromatic heterocycles. The summed E-state index contributed by atoms with van der Waals surface area (Å²) in [5.41, 5.74) is 8.21. The maximum Gasteiger partial charge on any atom is 0.0790 e.